The third-order valence-electron chi connectivity index (χ3n) is 3.62. The van der Waals surface area contributed by atoms with E-state index < -0.39 is 0 Å². The Morgan fingerprint density at radius 2 is 2.22 bits per heavy atom. The van der Waals surface area contributed by atoms with E-state index >= 15 is 0 Å². The lowest BCUT2D eigenvalue weighted by Crippen LogP contribution is -2.48. The molecular weight excluding hydrogens is 230 g/mol. The Balaban J connectivity index is 2.39. The molecule has 0 amide bonds. The molecule has 0 spiro atoms. The average molecular weight is 257 g/mol. The summed E-state index contributed by atoms with van der Waals surface area (Å²) in [7, 11) is 0. The molecular formula is C14H27NO3. The van der Waals surface area contributed by atoms with Gasteiger partial charge in [0.2, 0.25) is 0 Å². The highest BCUT2D eigenvalue weighted by molar-refractivity contribution is 5.71. The average Bonchev–Trinajstić information content (AvgIpc) is 2.39. The second-order valence-corrected chi connectivity index (χ2v) is 5.08. The largest absolute Gasteiger partial charge is 0.465 e. The van der Waals surface area contributed by atoms with Crippen LogP contribution in [-0.4, -0.2) is 47.8 Å². The summed E-state index contributed by atoms with van der Waals surface area (Å²) in [6.45, 7) is 5.79. The monoisotopic (exact) mass is 257 g/mol. The van der Waals surface area contributed by atoms with E-state index in [0.717, 1.165) is 45.1 Å². The number of piperidine rings is 1. The summed E-state index contributed by atoms with van der Waals surface area (Å²) in [5.74, 6) is -0.154. The first-order chi connectivity index (χ1) is 8.69. The van der Waals surface area contributed by atoms with Gasteiger partial charge in [-0.15, -0.1) is 0 Å². The maximum atomic E-state index is 11.7. The molecule has 0 saturated carbocycles. The fourth-order valence-electron chi connectivity index (χ4n) is 2.46. The zero-order valence-electron chi connectivity index (χ0n) is 11.7. The van der Waals surface area contributed by atoms with Crippen molar-refractivity contribution in [3.8, 4) is 0 Å². The molecule has 106 valence electrons. The van der Waals surface area contributed by atoms with Crippen molar-refractivity contribution in [3.63, 3.8) is 0 Å². The Kier molecular flexibility index (Phi) is 7.28. The second-order valence-electron chi connectivity index (χ2n) is 5.08. The lowest BCUT2D eigenvalue weighted by atomic mass is 9.96. The number of unbranched alkanes of at least 4 members (excludes halogenated alkanes) is 1. The van der Waals surface area contributed by atoms with Gasteiger partial charge in [0, 0.05) is 6.04 Å². The van der Waals surface area contributed by atoms with Crippen molar-refractivity contribution < 1.29 is 14.6 Å². The van der Waals surface area contributed by atoms with Gasteiger partial charge >= 0.3 is 5.97 Å². The molecule has 0 aromatic carbocycles. The SMILES string of the molecule is CCCCOC(=O)CN1CCCCC1C(O)CC. The van der Waals surface area contributed by atoms with Crippen LogP contribution in [-0.2, 0) is 9.53 Å². The van der Waals surface area contributed by atoms with Gasteiger partial charge in [-0.2, -0.15) is 0 Å². The van der Waals surface area contributed by atoms with Crippen LogP contribution in [0, 0.1) is 0 Å². The van der Waals surface area contributed by atoms with Crippen LogP contribution in [0.3, 0.4) is 0 Å². The van der Waals surface area contributed by atoms with Crippen LogP contribution in [0.1, 0.15) is 52.4 Å². The highest BCUT2D eigenvalue weighted by Crippen LogP contribution is 2.21. The van der Waals surface area contributed by atoms with E-state index in [1.165, 1.54) is 0 Å². The number of carbonyl (C=O) groups excluding carboxylic acids is 1. The second kappa shape index (κ2) is 8.48. The summed E-state index contributed by atoms with van der Waals surface area (Å²) in [6, 6.07) is 0.127. The minimum atomic E-state index is -0.325. The molecule has 0 aliphatic carbocycles. The van der Waals surface area contributed by atoms with E-state index in [0.29, 0.717) is 13.2 Å². The molecule has 0 radical (unpaired) electrons. The van der Waals surface area contributed by atoms with Gasteiger partial charge in [0.1, 0.15) is 0 Å². The fraction of sp³-hybridized carbons (Fsp3) is 0.929. The van der Waals surface area contributed by atoms with Gasteiger partial charge < -0.3 is 9.84 Å². The van der Waals surface area contributed by atoms with E-state index in [1.807, 2.05) is 6.92 Å². The van der Waals surface area contributed by atoms with Gasteiger partial charge in [-0.05, 0) is 32.2 Å². The molecule has 1 fully saturated rings. The summed E-state index contributed by atoms with van der Waals surface area (Å²) in [5, 5.41) is 9.99. The van der Waals surface area contributed by atoms with Gasteiger partial charge in [-0.1, -0.05) is 26.7 Å². The van der Waals surface area contributed by atoms with Crippen LogP contribution in [0.5, 0.6) is 0 Å². The number of hydrogen-bond acceptors (Lipinski definition) is 4. The van der Waals surface area contributed by atoms with Gasteiger partial charge in [0.05, 0.1) is 19.3 Å². The summed E-state index contributed by atoms with van der Waals surface area (Å²) in [5.41, 5.74) is 0. The maximum absolute atomic E-state index is 11.7. The van der Waals surface area contributed by atoms with E-state index in [1.54, 1.807) is 0 Å². The third-order valence-corrected chi connectivity index (χ3v) is 3.62. The van der Waals surface area contributed by atoms with Crippen LogP contribution in [0.2, 0.25) is 0 Å². The molecule has 1 N–H and O–H groups in total. The first-order valence-electron chi connectivity index (χ1n) is 7.26. The van der Waals surface area contributed by atoms with E-state index in [4.69, 9.17) is 4.74 Å². The number of ether oxygens (including phenoxy) is 1. The first-order valence-corrected chi connectivity index (χ1v) is 7.26. The molecule has 2 atom stereocenters. The maximum Gasteiger partial charge on any atom is 0.320 e. The van der Waals surface area contributed by atoms with Crippen LogP contribution in [0.15, 0.2) is 0 Å². The summed E-state index contributed by atoms with van der Waals surface area (Å²) in [4.78, 5) is 13.8. The minimum Gasteiger partial charge on any atom is -0.465 e. The number of carbonyl (C=O) groups is 1. The van der Waals surface area contributed by atoms with Crippen molar-refractivity contribution in [2.45, 2.75) is 64.5 Å². The van der Waals surface area contributed by atoms with Crippen LogP contribution in [0.4, 0.5) is 0 Å². The summed E-state index contributed by atoms with van der Waals surface area (Å²) < 4.78 is 5.18. The lowest BCUT2D eigenvalue weighted by molar-refractivity contribution is -0.146. The minimum absolute atomic E-state index is 0.127. The Morgan fingerprint density at radius 1 is 1.44 bits per heavy atom. The molecule has 4 nitrogen and oxygen atoms in total. The first kappa shape index (κ1) is 15.4. The topological polar surface area (TPSA) is 49.8 Å². The van der Waals surface area contributed by atoms with Crippen LogP contribution < -0.4 is 0 Å². The van der Waals surface area contributed by atoms with Gasteiger partial charge in [0.25, 0.3) is 0 Å². The van der Waals surface area contributed by atoms with Crippen molar-refractivity contribution in [2.75, 3.05) is 19.7 Å². The van der Waals surface area contributed by atoms with Crippen molar-refractivity contribution in [1.29, 1.82) is 0 Å². The molecule has 1 rings (SSSR count). The number of likely N-dealkylation sites (tertiary alicyclic amines) is 1. The molecule has 1 aliphatic heterocycles. The molecule has 0 bridgehead atoms. The van der Waals surface area contributed by atoms with E-state index in [-0.39, 0.29) is 18.1 Å². The number of hydrogen-bond donors (Lipinski definition) is 1. The van der Waals surface area contributed by atoms with E-state index in [2.05, 4.69) is 11.8 Å². The Bertz CT molecular complexity index is 245. The fourth-order valence-corrected chi connectivity index (χ4v) is 2.46. The van der Waals surface area contributed by atoms with Crippen LogP contribution in [0.25, 0.3) is 0 Å². The molecule has 18 heavy (non-hydrogen) atoms. The summed E-state index contributed by atoms with van der Waals surface area (Å²) in [6.07, 6.45) is 5.61. The molecule has 0 aromatic rings. The van der Waals surface area contributed by atoms with Crippen molar-refractivity contribution in [1.82, 2.24) is 4.90 Å². The zero-order chi connectivity index (χ0) is 13.4. The Hall–Kier alpha value is -0.610. The number of nitrogens with zero attached hydrogens (tertiary/aromatic N) is 1. The van der Waals surface area contributed by atoms with Gasteiger partial charge in [0.15, 0.2) is 0 Å². The number of aliphatic hydroxyl groups is 1. The van der Waals surface area contributed by atoms with Crippen LogP contribution >= 0.6 is 0 Å². The Morgan fingerprint density at radius 3 is 2.89 bits per heavy atom. The predicted octanol–water partition coefficient (Wildman–Crippen LogP) is 1.96. The molecule has 0 aromatic heterocycles. The predicted molar refractivity (Wildman–Crippen MR) is 71.4 cm³/mol. The molecule has 4 heteroatoms. The standard InChI is InChI=1S/C14H27NO3/c1-3-5-10-18-14(17)11-15-9-7-6-8-12(15)13(16)4-2/h12-13,16H,3-11H2,1-2H3. The van der Waals surface area contributed by atoms with Gasteiger partial charge in [-0.25, -0.2) is 0 Å². The smallest absolute Gasteiger partial charge is 0.320 e. The highest BCUT2D eigenvalue weighted by atomic mass is 16.5. The highest BCUT2D eigenvalue weighted by Gasteiger charge is 2.29. The normalized spacial score (nSPS) is 22.7. The van der Waals surface area contributed by atoms with E-state index in [9.17, 15) is 9.90 Å². The third kappa shape index (κ3) is 4.94. The molecule has 1 aliphatic rings. The number of aliphatic hydroxyl groups excluding tert-OH is 1. The number of rotatable bonds is 7. The quantitative estimate of drug-likeness (QED) is 0.559. The van der Waals surface area contributed by atoms with Crippen molar-refractivity contribution >= 4 is 5.97 Å². The Labute approximate surface area is 110 Å². The molecule has 2 unspecified atom stereocenters. The zero-order valence-corrected chi connectivity index (χ0v) is 11.7. The summed E-state index contributed by atoms with van der Waals surface area (Å²) >= 11 is 0. The van der Waals surface area contributed by atoms with Gasteiger partial charge in [-0.3, -0.25) is 9.69 Å². The number of esters is 1. The molecule has 1 saturated heterocycles. The lowest BCUT2D eigenvalue weighted by Gasteiger charge is -2.37. The molecule has 1 heterocycles. The van der Waals surface area contributed by atoms with Crippen molar-refractivity contribution in [2.24, 2.45) is 0 Å². The van der Waals surface area contributed by atoms with Crippen molar-refractivity contribution in [3.05, 3.63) is 0 Å².